The summed E-state index contributed by atoms with van der Waals surface area (Å²) in [5, 5.41) is -0.218. The summed E-state index contributed by atoms with van der Waals surface area (Å²) >= 11 is 15.2. The number of benzene rings is 1. The number of thiophene rings is 1. The molecular formula is C13H11Br2ClOS. The molecule has 0 aliphatic rings. The molecule has 5 heteroatoms. The number of para-hydroxylation sites is 1. The van der Waals surface area contributed by atoms with Crippen molar-refractivity contribution >= 4 is 54.8 Å². The van der Waals surface area contributed by atoms with Gasteiger partial charge in [-0.2, -0.15) is 0 Å². The summed E-state index contributed by atoms with van der Waals surface area (Å²) in [5.74, 6) is 0.842. The van der Waals surface area contributed by atoms with E-state index in [4.69, 9.17) is 16.3 Å². The first-order chi connectivity index (χ1) is 8.63. The lowest BCUT2D eigenvalue weighted by atomic mass is 10.1. The molecule has 1 unspecified atom stereocenters. The summed E-state index contributed by atoms with van der Waals surface area (Å²) in [4.78, 5) is 0. The molecule has 2 rings (SSSR count). The van der Waals surface area contributed by atoms with E-state index < -0.39 is 0 Å². The fourth-order valence-corrected chi connectivity index (χ4v) is 5.12. The highest BCUT2D eigenvalue weighted by atomic mass is 79.9. The zero-order chi connectivity index (χ0) is 13.1. The van der Waals surface area contributed by atoms with E-state index in [1.165, 1.54) is 0 Å². The molecule has 0 aliphatic carbocycles. The molecular weight excluding hydrogens is 399 g/mol. The summed E-state index contributed by atoms with van der Waals surface area (Å²) in [6, 6.07) is 9.92. The molecule has 18 heavy (non-hydrogen) atoms. The van der Waals surface area contributed by atoms with Crippen LogP contribution >= 0.6 is 54.8 Å². The van der Waals surface area contributed by atoms with Crippen LogP contribution in [0.25, 0.3) is 0 Å². The third kappa shape index (κ3) is 3.10. The molecule has 96 valence electrons. The Bertz CT molecular complexity index is 542. The van der Waals surface area contributed by atoms with Crippen molar-refractivity contribution in [1.29, 1.82) is 0 Å². The van der Waals surface area contributed by atoms with Gasteiger partial charge in [0, 0.05) is 11.1 Å². The van der Waals surface area contributed by atoms with Crippen LogP contribution in [0.15, 0.2) is 37.9 Å². The van der Waals surface area contributed by atoms with Crippen molar-refractivity contribution < 1.29 is 4.74 Å². The molecule has 0 aliphatic heterocycles. The maximum Gasteiger partial charge on any atom is 0.124 e. The minimum absolute atomic E-state index is 0.218. The molecule has 1 aromatic carbocycles. The Hall–Kier alpha value is -0.0300. The van der Waals surface area contributed by atoms with E-state index in [-0.39, 0.29) is 5.38 Å². The van der Waals surface area contributed by atoms with Gasteiger partial charge in [0.1, 0.15) is 5.75 Å². The Labute approximate surface area is 132 Å². The van der Waals surface area contributed by atoms with Crippen LogP contribution in [0.3, 0.4) is 0 Å². The summed E-state index contributed by atoms with van der Waals surface area (Å²) < 4.78 is 7.72. The number of hydrogen-bond acceptors (Lipinski definition) is 2. The van der Waals surface area contributed by atoms with Crippen molar-refractivity contribution in [1.82, 2.24) is 0 Å². The van der Waals surface area contributed by atoms with Crippen LogP contribution in [0.4, 0.5) is 0 Å². The number of halogens is 3. The van der Waals surface area contributed by atoms with E-state index in [0.717, 1.165) is 24.4 Å². The first-order valence-corrected chi connectivity index (χ1v) is 8.28. The van der Waals surface area contributed by atoms with Crippen molar-refractivity contribution in [3.63, 3.8) is 0 Å². The second-order valence-electron chi connectivity index (χ2n) is 3.61. The topological polar surface area (TPSA) is 9.23 Å². The zero-order valence-electron chi connectivity index (χ0n) is 9.62. The van der Waals surface area contributed by atoms with Crippen LogP contribution in [0.5, 0.6) is 5.75 Å². The second kappa shape index (κ2) is 6.42. The number of rotatable bonds is 4. The highest BCUT2D eigenvalue weighted by molar-refractivity contribution is 9.12. The van der Waals surface area contributed by atoms with Crippen LogP contribution in [-0.4, -0.2) is 6.61 Å². The fourth-order valence-electron chi connectivity index (χ4n) is 1.67. The van der Waals surface area contributed by atoms with Gasteiger partial charge in [-0.3, -0.25) is 0 Å². The van der Waals surface area contributed by atoms with E-state index >= 15 is 0 Å². The van der Waals surface area contributed by atoms with Gasteiger partial charge in [0.05, 0.1) is 19.6 Å². The molecule has 2 aromatic rings. The van der Waals surface area contributed by atoms with Gasteiger partial charge >= 0.3 is 0 Å². The summed E-state index contributed by atoms with van der Waals surface area (Å²) in [5.41, 5.74) is 2.05. The Morgan fingerprint density at radius 1 is 1.28 bits per heavy atom. The van der Waals surface area contributed by atoms with Crippen molar-refractivity contribution in [2.45, 2.75) is 12.3 Å². The summed E-state index contributed by atoms with van der Waals surface area (Å²) in [6.45, 7) is 2.60. The lowest BCUT2D eigenvalue weighted by Gasteiger charge is -2.14. The molecule has 1 heterocycles. The molecule has 0 saturated heterocycles. The van der Waals surface area contributed by atoms with Crippen molar-refractivity contribution in [2.24, 2.45) is 0 Å². The smallest absolute Gasteiger partial charge is 0.124 e. The van der Waals surface area contributed by atoms with Crippen LogP contribution < -0.4 is 4.74 Å². The largest absolute Gasteiger partial charge is 0.494 e. The average molecular weight is 411 g/mol. The molecule has 0 saturated carbocycles. The van der Waals surface area contributed by atoms with Gasteiger partial charge in [-0.1, -0.05) is 18.2 Å². The normalized spacial score (nSPS) is 12.4. The second-order valence-corrected chi connectivity index (χ2v) is 7.80. The molecule has 1 nitrogen and oxygen atoms in total. The van der Waals surface area contributed by atoms with Crippen LogP contribution in [-0.2, 0) is 0 Å². The first kappa shape index (κ1) is 14.4. The molecule has 0 fully saturated rings. The number of alkyl halides is 1. The van der Waals surface area contributed by atoms with Gasteiger partial charge in [0.2, 0.25) is 0 Å². The molecule has 0 bridgehead atoms. The lowest BCUT2D eigenvalue weighted by molar-refractivity contribution is 0.337. The van der Waals surface area contributed by atoms with Crippen LogP contribution in [0.1, 0.15) is 23.4 Å². The van der Waals surface area contributed by atoms with E-state index in [2.05, 4.69) is 31.9 Å². The third-order valence-corrected chi connectivity index (χ3v) is 5.30. The monoisotopic (exact) mass is 408 g/mol. The summed E-state index contributed by atoms with van der Waals surface area (Å²) in [6.07, 6.45) is 0. The van der Waals surface area contributed by atoms with E-state index in [1.54, 1.807) is 11.3 Å². The van der Waals surface area contributed by atoms with Gasteiger partial charge in [-0.25, -0.2) is 0 Å². The molecule has 1 atom stereocenters. The third-order valence-electron chi connectivity index (χ3n) is 2.45. The van der Waals surface area contributed by atoms with E-state index in [0.29, 0.717) is 6.61 Å². The zero-order valence-corrected chi connectivity index (χ0v) is 14.4. The Morgan fingerprint density at radius 2 is 2.00 bits per heavy atom. The average Bonchev–Trinajstić information content (AvgIpc) is 2.69. The predicted octanol–water partition coefficient (Wildman–Crippen LogP) is 6.00. The highest BCUT2D eigenvalue weighted by Crippen LogP contribution is 2.43. The van der Waals surface area contributed by atoms with Gasteiger partial charge < -0.3 is 4.74 Å². The molecule has 0 amide bonds. The van der Waals surface area contributed by atoms with Crippen LogP contribution in [0.2, 0.25) is 0 Å². The Morgan fingerprint density at radius 3 is 2.61 bits per heavy atom. The molecule has 1 aromatic heterocycles. The maximum atomic E-state index is 6.57. The maximum absolute atomic E-state index is 6.57. The minimum atomic E-state index is -0.218. The standard InChI is InChI=1S/C13H11Br2ClOS/c1-2-17-10-6-4-3-5-8(10)12(16)9-7-11(14)18-13(9)15/h3-7,12H,2H2,1H3. The minimum Gasteiger partial charge on any atom is -0.494 e. The van der Waals surface area contributed by atoms with Gasteiger partial charge in [0.25, 0.3) is 0 Å². The van der Waals surface area contributed by atoms with Gasteiger partial charge in [-0.05, 0) is 50.9 Å². The van der Waals surface area contributed by atoms with Gasteiger partial charge in [0.15, 0.2) is 0 Å². The fraction of sp³-hybridized carbons (Fsp3) is 0.231. The van der Waals surface area contributed by atoms with Crippen molar-refractivity contribution in [2.75, 3.05) is 6.61 Å². The number of ether oxygens (including phenoxy) is 1. The van der Waals surface area contributed by atoms with E-state index in [1.807, 2.05) is 37.3 Å². The van der Waals surface area contributed by atoms with Crippen LogP contribution in [0, 0.1) is 0 Å². The summed E-state index contributed by atoms with van der Waals surface area (Å²) in [7, 11) is 0. The molecule has 0 N–H and O–H groups in total. The lowest BCUT2D eigenvalue weighted by Crippen LogP contribution is -1.99. The molecule has 0 radical (unpaired) electrons. The quantitative estimate of drug-likeness (QED) is 0.562. The first-order valence-electron chi connectivity index (χ1n) is 5.44. The predicted molar refractivity (Wildman–Crippen MR) is 85.0 cm³/mol. The Kier molecular flexibility index (Phi) is 5.13. The van der Waals surface area contributed by atoms with Crippen molar-refractivity contribution in [3.05, 3.63) is 49.0 Å². The SMILES string of the molecule is CCOc1ccccc1C(Cl)c1cc(Br)sc1Br. The van der Waals surface area contributed by atoms with Crippen molar-refractivity contribution in [3.8, 4) is 5.75 Å². The number of hydrogen-bond donors (Lipinski definition) is 0. The van der Waals surface area contributed by atoms with E-state index in [9.17, 15) is 0 Å². The molecule has 0 spiro atoms. The Balaban J connectivity index is 2.39. The van der Waals surface area contributed by atoms with Gasteiger partial charge in [-0.15, -0.1) is 22.9 Å². The highest BCUT2D eigenvalue weighted by Gasteiger charge is 2.19.